The van der Waals surface area contributed by atoms with Crippen molar-refractivity contribution in [1.82, 2.24) is 0 Å². The van der Waals surface area contributed by atoms with Crippen LogP contribution in [0.25, 0.3) is 0 Å². The molecule has 0 aliphatic rings. The quantitative estimate of drug-likeness (QED) is 0.596. The topological polar surface area (TPSA) is 144 Å². The van der Waals surface area contributed by atoms with Gasteiger partial charge in [0.2, 0.25) is 11.6 Å². The summed E-state index contributed by atoms with van der Waals surface area (Å²) in [4.78, 5) is 23.1. The van der Waals surface area contributed by atoms with Crippen LogP contribution in [0, 0.1) is 6.92 Å². The van der Waals surface area contributed by atoms with Gasteiger partial charge in [0.15, 0.2) is 11.4 Å². The normalized spacial score (nSPS) is 11.2. The van der Waals surface area contributed by atoms with Gasteiger partial charge in [-0.2, -0.15) is 0 Å². The molecule has 1 rings (SSSR count). The molecule has 1 atom stereocenters. The van der Waals surface area contributed by atoms with Crippen LogP contribution in [0.3, 0.4) is 0 Å². The number of hydrogen-bond donors (Lipinski definition) is 3. The van der Waals surface area contributed by atoms with Gasteiger partial charge in [-0.1, -0.05) is 6.92 Å². The standard InChI is InChI=1S/C8H11NO.C5H10N2O3/c1-3-7-8(10)5-4-6(2)9-7;6-3(5(9)10)1-2-4(7)8/h4-5,10H,3H2,1-2H3;3H,1-2,6H2,(H2,7,8)(H,9,10)/t;3-/m.0/s1. The van der Waals surface area contributed by atoms with E-state index >= 15 is 0 Å². The van der Waals surface area contributed by atoms with Gasteiger partial charge in [0.25, 0.3) is 0 Å². The van der Waals surface area contributed by atoms with E-state index in [1.165, 1.54) is 0 Å². The third-order valence-corrected chi connectivity index (χ3v) is 2.51. The first-order valence-corrected chi connectivity index (χ1v) is 6.23. The molecular weight excluding hydrogens is 262 g/mol. The molecule has 6 N–H and O–H groups in total. The van der Waals surface area contributed by atoms with E-state index in [1.54, 1.807) is 6.07 Å². The molecule has 0 bridgehead atoms. The fourth-order valence-corrected chi connectivity index (χ4v) is 1.33. The highest BCUT2D eigenvalue weighted by Gasteiger charge is 2.05. The van der Waals surface area contributed by atoms with Crippen molar-refractivity contribution in [2.24, 2.45) is 11.5 Å². The van der Waals surface area contributed by atoms with Gasteiger partial charge in [-0.15, -0.1) is 0 Å². The number of carbonyl (C=O) groups is 2. The van der Waals surface area contributed by atoms with Crippen molar-refractivity contribution in [2.45, 2.75) is 39.2 Å². The Balaban J connectivity index is 0.000000361. The summed E-state index contributed by atoms with van der Waals surface area (Å²) >= 11 is 0. The summed E-state index contributed by atoms with van der Waals surface area (Å²) < 4.78 is 0. The number of aromatic amines is 1. The summed E-state index contributed by atoms with van der Waals surface area (Å²) in [6.45, 7) is 3.98. The third kappa shape index (κ3) is 7.32. The van der Waals surface area contributed by atoms with E-state index in [9.17, 15) is 19.8 Å². The maximum absolute atomic E-state index is 10.1. The lowest BCUT2D eigenvalue weighted by molar-refractivity contribution is -0.400. The number of aryl methyl sites for hydroxylation is 2. The number of aliphatic carboxylic acids is 1. The molecule has 1 amide bonds. The SMILES string of the molecule is CCc1[nH+]c(C)ccc1O.NC(=O)CC[C@H](N)C(=O)[O-]. The average Bonchev–Trinajstić information content (AvgIpc) is 2.39. The largest absolute Gasteiger partial charge is 0.548 e. The van der Waals surface area contributed by atoms with Gasteiger partial charge < -0.3 is 26.5 Å². The highest BCUT2D eigenvalue weighted by atomic mass is 16.4. The molecule has 1 aromatic rings. The second-order valence-electron chi connectivity index (χ2n) is 4.29. The molecule has 7 nitrogen and oxygen atoms in total. The summed E-state index contributed by atoms with van der Waals surface area (Å²) in [6.07, 6.45) is 0.861. The molecule has 0 radical (unpaired) electrons. The number of carboxylic acid groups (broad SMARTS) is 1. The summed E-state index contributed by atoms with van der Waals surface area (Å²) in [5.41, 5.74) is 11.7. The van der Waals surface area contributed by atoms with E-state index in [0.29, 0.717) is 5.75 Å². The zero-order valence-electron chi connectivity index (χ0n) is 11.7. The van der Waals surface area contributed by atoms with Gasteiger partial charge in [0.1, 0.15) is 0 Å². The molecule has 0 aromatic carbocycles. The van der Waals surface area contributed by atoms with Gasteiger partial charge in [-0.3, -0.25) is 4.79 Å². The second kappa shape index (κ2) is 8.87. The van der Waals surface area contributed by atoms with Crippen molar-refractivity contribution >= 4 is 11.9 Å². The van der Waals surface area contributed by atoms with Crippen molar-refractivity contribution in [3.05, 3.63) is 23.5 Å². The fraction of sp³-hybridized carbons (Fsp3) is 0.462. The minimum absolute atomic E-state index is 0.0187. The number of pyridine rings is 1. The Morgan fingerprint density at radius 2 is 2.05 bits per heavy atom. The number of rotatable bonds is 5. The number of nitrogens with one attached hydrogen (secondary N) is 1. The van der Waals surface area contributed by atoms with E-state index < -0.39 is 17.9 Å². The predicted octanol–water partition coefficient (Wildman–Crippen LogP) is -1.59. The minimum Gasteiger partial charge on any atom is -0.548 e. The maximum Gasteiger partial charge on any atom is 0.221 e. The van der Waals surface area contributed by atoms with Gasteiger partial charge in [-0.25, -0.2) is 4.98 Å². The van der Waals surface area contributed by atoms with Crippen LogP contribution in [0.5, 0.6) is 5.75 Å². The molecule has 1 aromatic heterocycles. The number of aromatic hydroxyl groups is 1. The average molecular weight is 283 g/mol. The Labute approximate surface area is 117 Å². The Kier molecular flexibility index (Phi) is 7.91. The first kappa shape index (κ1) is 17.8. The molecule has 0 aliphatic heterocycles. The highest BCUT2D eigenvalue weighted by molar-refractivity contribution is 5.76. The Morgan fingerprint density at radius 1 is 1.45 bits per heavy atom. The van der Waals surface area contributed by atoms with Crippen LogP contribution in [0.2, 0.25) is 0 Å². The van der Waals surface area contributed by atoms with Crippen LogP contribution >= 0.6 is 0 Å². The first-order chi connectivity index (χ1) is 9.27. The van der Waals surface area contributed by atoms with E-state index in [1.807, 2.05) is 19.9 Å². The lowest BCUT2D eigenvalue weighted by Gasteiger charge is -2.09. The third-order valence-electron chi connectivity index (χ3n) is 2.51. The smallest absolute Gasteiger partial charge is 0.221 e. The number of carbonyl (C=O) groups excluding carboxylic acids is 2. The summed E-state index contributed by atoms with van der Waals surface area (Å²) in [5.74, 6) is -1.56. The minimum atomic E-state index is -1.36. The van der Waals surface area contributed by atoms with E-state index in [0.717, 1.165) is 17.8 Å². The van der Waals surface area contributed by atoms with Gasteiger partial charge in [-0.05, 0) is 12.5 Å². The molecule has 1 heterocycles. The van der Waals surface area contributed by atoms with Gasteiger partial charge >= 0.3 is 0 Å². The highest BCUT2D eigenvalue weighted by Crippen LogP contribution is 2.10. The van der Waals surface area contributed by atoms with Crippen molar-refractivity contribution in [3.63, 3.8) is 0 Å². The molecule has 7 heteroatoms. The monoisotopic (exact) mass is 283 g/mol. The van der Waals surface area contributed by atoms with Gasteiger partial charge in [0, 0.05) is 31.9 Å². The summed E-state index contributed by atoms with van der Waals surface area (Å²) in [7, 11) is 0. The van der Waals surface area contributed by atoms with E-state index in [4.69, 9.17) is 11.5 Å². The number of amides is 1. The van der Waals surface area contributed by atoms with E-state index in [-0.39, 0.29) is 12.8 Å². The predicted molar refractivity (Wildman–Crippen MR) is 70.2 cm³/mol. The van der Waals surface area contributed by atoms with Crippen LogP contribution < -0.4 is 21.6 Å². The van der Waals surface area contributed by atoms with Crippen LogP contribution in [-0.4, -0.2) is 23.0 Å². The molecular formula is C13H21N3O4. The summed E-state index contributed by atoms with van der Waals surface area (Å²) in [6, 6.07) is 2.48. The number of nitrogens with two attached hydrogens (primary N) is 2. The second-order valence-corrected chi connectivity index (χ2v) is 4.29. The Bertz CT molecular complexity index is 463. The lowest BCUT2D eigenvalue weighted by Crippen LogP contribution is -2.42. The van der Waals surface area contributed by atoms with Crippen LogP contribution in [-0.2, 0) is 16.0 Å². The summed E-state index contributed by atoms with van der Waals surface area (Å²) in [5, 5.41) is 19.1. The molecule has 112 valence electrons. The van der Waals surface area contributed by atoms with Crippen molar-refractivity contribution < 1.29 is 24.8 Å². The molecule has 0 unspecified atom stereocenters. The van der Waals surface area contributed by atoms with Crippen molar-refractivity contribution in [1.29, 1.82) is 0 Å². The van der Waals surface area contributed by atoms with Crippen LogP contribution in [0.15, 0.2) is 12.1 Å². The van der Waals surface area contributed by atoms with Crippen molar-refractivity contribution in [2.75, 3.05) is 0 Å². The number of primary amides is 1. The number of hydrogen-bond acceptors (Lipinski definition) is 5. The molecule has 0 saturated carbocycles. The number of H-pyrrole nitrogens is 1. The fourth-order valence-electron chi connectivity index (χ4n) is 1.33. The van der Waals surface area contributed by atoms with Gasteiger partial charge in [0.05, 0.1) is 5.97 Å². The Hall–Kier alpha value is -2.15. The molecule has 0 spiro atoms. The van der Waals surface area contributed by atoms with E-state index in [2.05, 4.69) is 4.98 Å². The van der Waals surface area contributed by atoms with Crippen molar-refractivity contribution in [3.8, 4) is 5.75 Å². The zero-order valence-corrected chi connectivity index (χ0v) is 11.7. The first-order valence-electron chi connectivity index (χ1n) is 6.23. The Morgan fingerprint density at radius 3 is 2.45 bits per heavy atom. The molecule has 0 saturated heterocycles. The lowest BCUT2D eigenvalue weighted by atomic mass is 10.2. The molecule has 0 aliphatic carbocycles. The zero-order chi connectivity index (χ0) is 15.7. The number of aromatic nitrogens is 1. The van der Waals surface area contributed by atoms with Crippen LogP contribution in [0.1, 0.15) is 31.2 Å². The number of carboxylic acids is 1. The van der Waals surface area contributed by atoms with Crippen LogP contribution in [0.4, 0.5) is 0 Å². The maximum atomic E-state index is 10.1. The molecule has 20 heavy (non-hydrogen) atoms. The molecule has 0 fully saturated rings.